The minimum atomic E-state index is -0.834. The van der Waals surface area contributed by atoms with Gasteiger partial charge in [0.2, 0.25) is 0 Å². The van der Waals surface area contributed by atoms with Crippen molar-refractivity contribution in [3.8, 4) is 0 Å². The lowest BCUT2D eigenvalue weighted by Crippen LogP contribution is -2.45. The van der Waals surface area contributed by atoms with Gasteiger partial charge in [0.25, 0.3) is 0 Å². The fraction of sp³-hybridized carbons (Fsp3) is 0.846. The summed E-state index contributed by atoms with van der Waals surface area (Å²) in [5, 5.41) is 9.19. The Labute approximate surface area is 108 Å². The van der Waals surface area contributed by atoms with Gasteiger partial charge in [-0.05, 0) is 33.1 Å². The Bertz CT molecular complexity index is 332. The van der Waals surface area contributed by atoms with E-state index in [1.807, 2.05) is 13.8 Å². The van der Waals surface area contributed by atoms with Gasteiger partial charge in [-0.25, -0.2) is 4.79 Å². The molecular formula is C13H23NO4. The fourth-order valence-electron chi connectivity index (χ4n) is 2.44. The van der Waals surface area contributed by atoms with Crippen LogP contribution in [0.4, 0.5) is 4.79 Å². The van der Waals surface area contributed by atoms with Gasteiger partial charge >= 0.3 is 12.1 Å². The van der Waals surface area contributed by atoms with Crippen LogP contribution in [-0.4, -0.2) is 40.3 Å². The maximum absolute atomic E-state index is 12.1. The molecule has 0 aromatic rings. The number of hydrogen-bond donors (Lipinski definition) is 1. The van der Waals surface area contributed by atoms with Gasteiger partial charge in [-0.3, -0.25) is 4.79 Å². The molecule has 0 unspecified atom stereocenters. The van der Waals surface area contributed by atoms with Crippen molar-refractivity contribution < 1.29 is 19.4 Å². The second-order valence-corrected chi connectivity index (χ2v) is 6.14. The van der Waals surface area contributed by atoms with Gasteiger partial charge in [0, 0.05) is 6.54 Å². The van der Waals surface area contributed by atoms with E-state index in [9.17, 15) is 14.7 Å². The number of carbonyl (C=O) groups excluding carboxylic acids is 1. The molecule has 5 heteroatoms. The average Bonchev–Trinajstić information content (AvgIpc) is 2.58. The molecule has 1 fully saturated rings. The van der Waals surface area contributed by atoms with Crippen LogP contribution < -0.4 is 0 Å². The SMILES string of the molecule is CC(C)[C@H]1[C@H](C(=O)O)CCN1C(=O)OC(C)(C)C. The van der Waals surface area contributed by atoms with Crippen molar-refractivity contribution in [2.75, 3.05) is 6.54 Å². The third-order valence-corrected chi connectivity index (χ3v) is 3.08. The van der Waals surface area contributed by atoms with Crippen LogP contribution in [0.25, 0.3) is 0 Å². The molecule has 18 heavy (non-hydrogen) atoms. The van der Waals surface area contributed by atoms with Crippen molar-refractivity contribution >= 4 is 12.1 Å². The van der Waals surface area contributed by atoms with E-state index in [2.05, 4.69) is 0 Å². The molecule has 1 N–H and O–H groups in total. The number of carboxylic acid groups (broad SMARTS) is 1. The maximum atomic E-state index is 12.1. The maximum Gasteiger partial charge on any atom is 0.410 e. The van der Waals surface area contributed by atoms with Crippen LogP contribution in [-0.2, 0) is 9.53 Å². The molecule has 0 aliphatic carbocycles. The van der Waals surface area contributed by atoms with E-state index in [-0.39, 0.29) is 12.0 Å². The molecule has 0 bridgehead atoms. The Morgan fingerprint density at radius 1 is 1.33 bits per heavy atom. The first-order valence-corrected chi connectivity index (χ1v) is 6.36. The van der Waals surface area contributed by atoms with Gasteiger partial charge in [-0.1, -0.05) is 13.8 Å². The Balaban J connectivity index is 2.83. The first-order valence-electron chi connectivity index (χ1n) is 6.36. The monoisotopic (exact) mass is 257 g/mol. The summed E-state index contributed by atoms with van der Waals surface area (Å²) in [6.45, 7) is 9.74. The molecule has 1 heterocycles. The summed E-state index contributed by atoms with van der Waals surface area (Å²) in [5.41, 5.74) is -0.556. The number of carboxylic acids is 1. The first-order chi connectivity index (χ1) is 8.13. The molecule has 1 aliphatic heterocycles. The highest BCUT2D eigenvalue weighted by Gasteiger charge is 2.44. The van der Waals surface area contributed by atoms with E-state index in [4.69, 9.17) is 4.74 Å². The zero-order chi connectivity index (χ0) is 14.1. The topological polar surface area (TPSA) is 66.8 Å². The van der Waals surface area contributed by atoms with Gasteiger partial charge in [-0.2, -0.15) is 0 Å². The van der Waals surface area contributed by atoms with E-state index in [0.717, 1.165) is 0 Å². The van der Waals surface area contributed by atoms with Gasteiger partial charge < -0.3 is 14.7 Å². The summed E-state index contributed by atoms with van der Waals surface area (Å²) in [6.07, 6.45) is 0.0854. The van der Waals surface area contributed by atoms with Crippen molar-refractivity contribution in [1.29, 1.82) is 0 Å². The van der Waals surface area contributed by atoms with Gasteiger partial charge in [-0.15, -0.1) is 0 Å². The first kappa shape index (κ1) is 14.8. The number of carbonyl (C=O) groups is 2. The Morgan fingerprint density at radius 3 is 2.28 bits per heavy atom. The largest absolute Gasteiger partial charge is 0.481 e. The quantitative estimate of drug-likeness (QED) is 0.824. The van der Waals surface area contributed by atoms with Crippen LogP contribution >= 0.6 is 0 Å². The standard InChI is InChI=1S/C13H23NO4/c1-8(2)10-9(11(15)16)6-7-14(10)12(17)18-13(3,4)5/h8-10H,6-7H2,1-5H3,(H,15,16)/t9-,10+/m1/s1. The Hall–Kier alpha value is -1.26. The molecule has 104 valence electrons. The van der Waals surface area contributed by atoms with Crippen LogP contribution in [0.1, 0.15) is 41.0 Å². The van der Waals surface area contributed by atoms with E-state index in [0.29, 0.717) is 13.0 Å². The fourth-order valence-corrected chi connectivity index (χ4v) is 2.44. The van der Waals surface area contributed by atoms with Gasteiger partial charge in [0.15, 0.2) is 0 Å². The highest BCUT2D eigenvalue weighted by molar-refractivity contribution is 5.75. The van der Waals surface area contributed by atoms with E-state index >= 15 is 0 Å². The third-order valence-electron chi connectivity index (χ3n) is 3.08. The summed E-state index contributed by atoms with van der Waals surface area (Å²) in [4.78, 5) is 24.8. The average molecular weight is 257 g/mol. The normalized spacial score (nSPS) is 24.4. The number of hydrogen-bond acceptors (Lipinski definition) is 3. The molecule has 5 nitrogen and oxygen atoms in total. The zero-order valence-electron chi connectivity index (χ0n) is 11.8. The van der Waals surface area contributed by atoms with Crippen molar-refractivity contribution in [3.05, 3.63) is 0 Å². The Kier molecular flexibility index (Phi) is 4.24. The molecular weight excluding hydrogens is 234 g/mol. The molecule has 0 spiro atoms. The second kappa shape index (κ2) is 5.16. The number of rotatable bonds is 2. The van der Waals surface area contributed by atoms with Crippen LogP contribution in [0.2, 0.25) is 0 Å². The summed E-state index contributed by atoms with van der Waals surface area (Å²) >= 11 is 0. The highest BCUT2D eigenvalue weighted by atomic mass is 16.6. The molecule has 0 radical (unpaired) electrons. The smallest absolute Gasteiger partial charge is 0.410 e. The molecule has 0 aromatic carbocycles. The predicted octanol–water partition coefficient (Wildman–Crippen LogP) is 2.35. The van der Waals surface area contributed by atoms with Crippen molar-refractivity contribution in [2.24, 2.45) is 11.8 Å². The highest BCUT2D eigenvalue weighted by Crippen LogP contribution is 2.31. The summed E-state index contributed by atoms with van der Waals surface area (Å²) in [5.74, 6) is -1.22. The summed E-state index contributed by atoms with van der Waals surface area (Å²) in [6, 6.07) is -0.280. The molecule has 1 rings (SSSR count). The zero-order valence-corrected chi connectivity index (χ0v) is 11.8. The lowest BCUT2D eigenvalue weighted by Gasteiger charge is -2.31. The summed E-state index contributed by atoms with van der Waals surface area (Å²) in [7, 11) is 0. The number of aliphatic carboxylic acids is 1. The third kappa shape index (κ3) is 3.37. The van der Waals surface area contributed by atoms with Gasteiger partial charge in [0.1, 0.15) is 5.60 Å². The van der Waals surface area contributed by atoms with E-state index < -0.39 is 23.6 Å². The van der Waals surface area contributed by atoms with Crippen molar-refractivity contribution in [2.45, 2.75) is 52.7 Å². The molecule has 0 saturated carbocycles. The molecule has 0 aromatic heterocycles. The lowest BCUT2D eigenvalue weighted by atomic mass is 9.91. The van der Waals surface area contributed by atoms with Crippen molar-refractivity contribution in [1.82, 2.24) is 4.90 Å². The number of amides is 1. The van der Waals surface area contributed by atoms with Crippen molar-refractivity contribution in [3.63, 3.8) is 0 Å². The molecule has 2 atom stereocenters. The van der Waals surface area contributed by atoms with Crippen LogP contribution in [0, 0.1) is 11.8 Å². The van der Waals surface area contributed by atoms with Crippen LogP contribution in [0.3, 0.4) is 0 Å². The number of nitrogens with zero attached hydrogens (tertiary/aromatic N) is 1. The second-order valence-electron chi connectivity index (χ2n) is 6.14. The number of likely N-dealkylation sites (tertiary alicyclic amines) is 1. The Morgan fingerprint density at radius 2 is 1.89 bits per heavy atom. The molecule has 1 aliphatic rings. The van der Waals surface area contributed by atoms with Crippen LogP contribution in [0.5, 0.6) is 0 Å². The number of ether oxygens (including phenoxy) is 1. The van der Waals surface area contributed by atoms with E-state index in [1.54, 1.807) is 25.7 Å². The summed E-state index contributed by atoms with van der Waals surface area (Å²) < 4.78 is 5.32. The lowest BCUT2D eigenvalue weighted by molar-refractivity contribution is -0.142. The molecule has 1 saturated heterocycles. The van der Waals surface area contributed by atoms with E-state index in [1.165, 1.54) is 0 Å². The minimum absolute atomic E-state index is 0.0983. The van der Waals surface area contributed by atoms with Crippen LogP contribution in [0.15, 0.2) is 0 Å². The van der Waals surface area contributed by atoms with Gasteiger partial charge in [0.05, 0.1) is 12.0 Å². The minimum Gasteiger partial charge on any atom is -0.481 e. The predicted molar refractivity (Wildman–Crippen MR) is 67.3 cm³/mol. The molecule has 1 amide bonds.